The zero-order valence-corrected chi connectivity index (χ0v) is 9.29. The Labute approximate surface area is 93.4 Å². The largest absolute Gasteiger partial charge is 0.395 e. The molecule has 0 radical (unpaired) electrons. The van der Waals surface area contributed by atoms with Gasteiger partial charge in [-0.3, -0.25) is 4.79 Å². The Kier molecular flexibility index (Phi) is 8.97. The molecule has 7 heteroatoms. The molecule has 96 valence electrons. The van der Waals surface area contributed by atoms with Gasteiger partial charge < -0.3 is 20.1 Å². The molecule has 0 aromatic carbocycles. The molecule has 0 unspecified atom stereocenters. The van der Waals surface area contributed by atoms with Crippen LogP contribution in [0.15, 0.2) is 0 Å². The third kappa shape index (κ3) is 7.49. The smallest absolute Gasteiger partial charge is 0.255 e. The van der Waals surface area contributed by atoms with Gasteiger partial charge in [-0.15, -0.1) is 0 Å². The number of carbonyl (C=O) groups is 1. The maximum absolute atomic E-state index is 12.1. The summed E-state index contributed by atoms with van der Waals surface area (Å²) in [5.74, 6) is -0.453. The first kappa shape index (κ1) is 15.2. The Hall–Kier alpha value is -0.790. The van der Waals surface area contributed by atoms with Crippen LogP contribution in [0.4, 0.5) is 8.78 Å². The van der Waals surface area contributed by atoms with E-state index in [-0.39, 0.29) is 19.7 Å². The van der Waals surface area contributed by atoms with Crippen molar-refractivity contribution in [2.24, 2.45) is 0 Å². The molecule has 5 nitrogen and oxygen atoms in total. The van der Waals surface area contributed by atoms with E-state index in [4.69, 9.17) is 9.84 Å². The summed E-state index contributed by atoms with van der Waals surface area (Å²) in [5, 5.41) is 11.4. The number of carbonyl (C=O) groups excluding carboxylic acids is 1. The van der Waals surface area contributed by atoms with E-state index in [1.54, 1.807) is 0 Å². The molecule has 16 heavy (non-hydrogen) atoms. The molecule has 0 saturated heterocycles. The Bertz CT molecular complexity index is 194. The number of hydrogen-bond acceptors (Lipinski definition) is 4. The first-order valence-electron chi connectivity index (χ1n) is 4.98. The third-order valence-electron chi connectivity index (χ3n) is 1.84. The van der Waals surface area contributed by atoms with Crippen LogP contribution in [0.2, 0.25) is 0 Å². The molecule has 0 rings (SSSR count). The van der Waals surface area contributed by atoms with Crippen molar-refractivity contribution in [3.05, 3.63) is 0 Å². The van der Waals surface area contributed by atoms with E-state index in [0.717, 1.165) is 4.90 Å². The second-order valence-electron chi connectivity index (χ2n) is 3.12. The fourth-order valence-corrected chi connectivity index (χ4v) is 1.09. The lowest BCUT2D eigenvalue weighted by atomic mass is 10.4. The second kappa shape index (κ2) is 9.44. The van der Waals surface area contributed by atoms with Gasteiger partial charge in [0.25, 0.3) is 6.43 Å². The van der Waals surface area contributed by atoms with Crippen LogP contribution in [0.5, 0.6) is 0 Å². The second-order valence-corrected chi connectivity index (χ2v) is 3.12. The van der Waals surface area contributed by atoms with E-state index in [0.29, 0.717) is 13.2 Å². The molecular weight excluding hydrogens is 222 g/mol. The highest BCUT2D eigenvalue weighted by Crippen LogP contribution is 1.98. The van der Waals surface area contributed by atoms with Crippen LogP contribution < -0.4 is 5.32 Å². The van der Waals surface area contributed by atoms with Crippen LogP contribution in [-0.4, -0.2) is 68.8 Å². The molecule has 0 aliphatic rings. The average Bonchev–Trinajstić information content (AvgIpc) is 2.23. The van der Waals surface area contributed by atoms with Gasteiger partial charge in [0.1, 0.15) is 0 Å². The molecule has 0 aromatic heterocycles. The van der Waals surface area contributed by atoms with E-state index < -0.39 is 18.9 Å². The summed E-state index contributed by atoms with van der Waals surface area (Å²) in [4.78, 5) is 12.3. The molecule has 0 aliphatic carbocycles. The molecule has 0 aliphatic heterocycles. The number of alkyl halides is 2. The van der Waals surface area contributed by atoms with Crippen LogP contribution >= 0.6 is 0 Å². The predicted octanol–water partition coefficient (Wildman–Crippen LogP) is -0.692. The lowest BCUT2D eigenvalue weighted by Gasteiger charge is -2.21. The summed E-state index contributed by atoms with van der Waals surface area (Å²) in [5.41, 5.74) is 0. The van der Waals surface area contributed by atoms with Crippen LogP contribution in [0.3, 0.4) is 0 Å². The van der Waals surface area contributed by atoms with Crippen molar-refractivity contribution in [2.75, 3.05) is 46.5 Å². The molecule has 0 fully saturated rings. The number of nitrogens with zero attached hydrogens (tertiary/aromatic N) is 1. The van der Waals surface area contributed by atoms with Gasteiger partial charge in [-0.2, -0.15) is 0 Å². The predicted molar refractivity (Wildman–Crippen MR) is 54.4 cm³/mol. The molecule has 0 bridgehead atoms. The van der Waals surface area contributed by atoms with E-state index in [9.17, 15) is 13.6 Å². The number of aliphatic hydroxyl groups excluding tert-OH is 1. The molecule has 0 heterocycles. The number of hydrogen-bond donors (Lipinski definition) is 2. The van der Waals surface area contributed by atoms with E-state index in [1.807, 2.05) is 0 Å². The summed E-state index contributed by atoms with van der Waals surface area (Å²) in [6, 6.07) is 0. The highest BCUT2D eigenvalue weighted by atomic mass is 19.3. The van der Waals surface area contributed by atoms with E-state index in [2.05, 4.69) is 5.32 Å². The van der Waals surface area contributed by atoms with Crippen LogP contribution in [-0.2, 0) is 9.53 Å². The lowest BCUT2D eigenvalue weighted by molar-refractivity contribution is -0.132. The lowest BCUT2D eigenvalue weighted by Crippen LogP contribution is -2.42. The first-order chi connectivity index (χ1) is 7.61. The number of amides is 1. The topological polar surface area (TPSA) is 61.8 Å². The average molecular weight is 240 g/mol. The number of ether oxygens (including phenoxy) is 1. The van der Waals surface area contributed by atoms with Gasteiger partial charge in [-0.05, 0) is 0 Å². The standard InChI is InChI=1S/C9H18F2N2O3/c1-16-5-2-12-6-9(15)13(3-4-14)7-8(10)11/h8,12,14H,2-7H2,1H3. The molecule has 2 N–H and O–H groups in total. The number of halogens is 2. The fraction of sp³-hybridized carbons (Fsp3) is 0.889. The van der Waals surface area contributed by atoms with Crippen LogP contribution in [0.25, 0.3) is 0 Å². The van der Waals surface area contributed by atoms with E-state index in [1.165, 1.54) is 7.11 Å². The summed E-state index contributed by atoms with van der Waals surface area (Å²) < 4.78 is 28.9. The minimum Gasteiger partial charge on any atom is -0.395 e. The minimum atomic E-state index is -2.59. The molecule has 0 saturated carbocycles. The van der Waals surface area contributed by atoms with Crippen molar-refractivity contribution in [2.45, 2.75) is 6.43 Å². The van der Waals surface area contributed by atoms with Gasteiger partial charge in [0.2, 0.25) is 5.91 Å². The summed E-state index contributed by atoms with van der Waals surface area (Å²) in [7, 11) is 1.53. The Balaban J connectivity index is 3.87. The highest BCUT2D eigenvalue weighted by molar-refractivity contribution is 5.78. The number of methoxy groups -OCH3 is 1. The Morgan fingerprint density at radius 3 is 2.75 bits per heavy atom. The van der Waals surface area contributed by atoms with Crippen molar-refractivity contribution >= 4 is 5.91 Å². The van der Waals surface area contributed by atoms with Crippen molar-refractivity contribution in [3.63, 3.8) is 0 Å². The minimum absolute atomic E-state index is 0.0317. The zero-order valence-electron chi connectivity index (χ0n) is 9.29. The third-order valence-corrected chi connectivity index (χ3v) is 1.84. The molecule has 0 aromatic rings. The molecule has 0 spiro atoms. The quantitative estimate of drug-likeness (QED) is 0.524. The van der Waals surface area contributed by atoms with Crippen molar-refractivity contribution < 1.29 is 23.4 Å². The van der Waals surface area contributed by atoms with Gasteiger partial charge in [0.15, 0.2) is 0 Å². The van der Waals surface area contributed by atoms with Crippen molar-refractivity contribution in [1.82, 2.24) is 10.2 Å². The summed E-state index contributed by atoms with van der Waals surface area (Å²) in [6.45, 7) is -0.154. The van der Waals surface area contributed by atoms with Gasteiger partial charge in [-0.1, -0.05) is 0 Å². The van der Waals surface area contributed by atoms with Crippen LogP contribution in [0.1, 0.15) is 0 Å². The van der Waals surface area contributed by atoms with E-state index >= 15 is 0 Å². The molecule has 1 amide bonds. The van der Waals surface area contributed by atoms with Crippen molar-refractivity contribution in [1.29, 1.82) is 0 Å². The first-order valence-corrected chi connectivity index (χ1v) is 4.98. The normalized spacial score (nSPS) is 10.8. The maximum atomic E-state index is 12.1. The monoisotopic (exact) mass is 240 g/mol. The zero-order chi connectivity index (χ0) is 12.4. The maximum Gasteiger partial charge on any atom is 0.255 e. The summed E-state index contributed by atoms with van der Waals surface area (Å²) >= 11 is 0. The molecule has 0 atom stereocenters. The highest BCUT2D eigenvalue weighted by Gasteiger charge is 2.16. The fourth-order valence-electron chi connectivity index (χ4n) is 1.09. The van der Waals surface area contributed by atoms with Gasteiger partial charge in [-0.25, -0.2) is 8.78 Å². The van der Waals surface area contributed by atoms with Crippen molar-refractivity contribution in [3.8, 4) is 0 Å². The molecular formula is C9H18F2N2O3. The van der Waals surface area contributed by atoms with Gasteiger partial charge in [0, 0.05) is 20.2 Å². The van der Waals surface area contributed by atoms with Gasteiger partial charge >= 0.3 is 0 Å². The SMILES string of the molecule is COCCNCC(=O)N(CCO)CC(F)F. The number of nitrogens with one attached hydrogen (secondary N) is 1. The number of rotatable bonds is 9. The Morgan fingerprint density at radius 1 is 1.56 bits per heavy atom. The summed E-state index contributed by atoms with van der Waals surface area (Å²) in [6.07, 6.45) is -2.59. The Morgan fingerprint density at radius 2 is 2.25 bits per heavy atom. The van der Waals surface area contributed by atoms with Gasteiger partial charge in [0.05, 0.1) is 26.3 Å². The number of aliphatic hydroxyl groups is 1. The van der Waals surface area contributed by atoms with Crippen LogP contribution in [0, 0.1) is 0 Å².